The highest BCUT2D eigenvalue weighted by Crippen LogP contribution is 2.33. The van der Waals surface area contributed by atoms with Gasteiger partial charge in [0.1, 0.15) is 29.3 Å². The number of carbonyl (C=O) groups is 1. The molecule has 3 N–H and O–H groups in total. The summed E-state index contributed by atoms with van der Waals surface area (Å²) in [6.07, 6.45) is 6.96. The summed E-state index contributed by atoms with van der Waals surface area (Å²) in [4.78, 5) is 25.3. The molecule has 2 aromatic heterocycles. The Labute approximate surface area is 202 Å². The van der Waals surface area contributed by atoms with E-state index in [0.717, 1.165) is 25.7 Å². The number of ether oxygens (including phenoxy) is 1. The van der Waals surface area contributed by atoms with Crippen molar-refractivity contribution in [3.05, 3.63) is 77.2 Å². The van der Waals surface area contributed by atoms with Gasteiger partial charge in [0.15, 0.2) is 5.78 Å². The maximum atomic E-state index is 13.5. The Morgan fingerprint density at radius 2 is 1.85 bits per heavy atom. The van der Waals surface area contributed by atoms with Gasteiger partial charge in [-0.25, -0.2) is 9.97 Å². The van der Waals surface area contributed by atoms with Gasteiger partial charge in [0, 0.05) is 30.5 Å². The first kappa shape index (κ1) is 22.4. The van der Waals surface area contributed by atoms with E-state index in [-0.39, 0.29) is 18.4 Å². The molecule has 8 heteroatoms. The van der Waals surface area contributed by atoms with Crippen LogP contribution in [0.2, 0.25) is 5.02 Å². The van der Waals surface area contributed by atoms with Crippen LogP contribution >= 0.6 is 11.6 Å². The van der Waals surface area contributed by atoms with E-state index in [1.165, 1.54) is 6.33 Å². The van der Waals surface area contributed by atoms with Crippen LogP contribution in [-0.4, -0.2) is 38.5 Å². The molecule has 0 saturated heterocycles. The summed E-state index contributed by atoms with van der Waals surface area (Å²) in [5.41, 5.74) is 1.42. The zero-order chi connectivity index (χ0) is 23.5. The summed E-state index contributed by atoms with van der Waals surface area (Å²) in [6, 6.07) is 14.7. The van der Waals surface area contributed by atoms with Crippen LogP contribution in [0.1, 0.15) is 41.6 Å². The number of fused-ring (bicyclic) bond motifs is 1. The Bertz CT molecular complexity index is 1300. The number of aromatic nitrogens is 3. The standard InChI is InChI=1S/C26H25ClN4O3/c27-22-12-19(34-18-4-2-1-3-5-18)10-11-20(22)24(33)21-13-28-25-23(21)26(30-15-29-25)31-17-8-6-16(14-32)7-9-17/h1-5,10-13,15-17,32H,6-9,14H2,(H2,28,29,30,31)/t16-,17-. The molecule has 0 amide bonds. The van der Waals surface area contributed by atoms with Gasteiger partial charge >= 0.3 is 0 Å². The van der Waals surface area contributed by atoms with Gasteiger partial charge in [-0.2, -0.15) is 0 Å². The smallest absolute Gasteiger partial charge is 0.196 e. The first-order chi connectivity index (χ1) is 16.6. The molecule has 1 fully saturated rings. The van der Waals surface area contributed by atoms with Gasteiger partial charge in [-0.3, -0.25) is 4.79 Å². The number of para-hydroxylation sites is 1. The number of ketones is 1. The summed E-state index contributed by atoms with van der Waals surface area (Å²) in [5.74, 6) is 2.02. The average molecular weight is 477 g/mol. The molecule has 2 heterocycles. The van der Waals surface area contributed by atoms with Crippen LogP contribution in [0.4, 0.5) is 5.82 Å². The predicted molar refractivity (Wildman–Crippen MR) is 132 cm³/mol. The number of carbonyl (C=O) groups excluding carboxylic acids is 1. The minimum Gasteiger partial charge on any atom is -0.457 e. The molecular weight excluding hydrogens is 452 g/mol. The lowest BCUT2D eigenvalue weighted by atomic mass is 9.86. The van der Waals surface area contributed by atoms with Crippen molar-refractivity contribution in [1.82, 2.24) is 15.0 Å². The SMILES string of the molecule is O=C(c1ccc(Oc2ccccc2)cc1Cl)c1c[nH]c2ncnc(N[C@H]3CC[C@H](CO)CC3)c12. The fourth-order valence-electron chi connectivity index (χ4n) is 4.45. The maximum Gasteiger partial charge on any atom is 0.196 e. The largest absolute Gasteiger partial charge is 0.457 e. The van der Waals surface area contributed by atoms with Crippen molar-refractivity contribution in [3.63, 3.8) is 0 Å². The van der Waals surface area contributed by atoms with Crippen LogP contribution in [0.25, 0.3) is 11.0 Å². The van der Waals surface area contributed by atoms with Gasteiger partial charge in [0.05, 0.1) is 16.0 Å². The second-order valence-electron chi connectivity index (χ2n) is 8.58. The molecule has 0 aliphatic heterocycles. The van der Waals surface area contributed by atoms with Crippen LogP contribution in [-0.2, 0) is 0 Å². The molecule has 0 unspecified atom stereocenters. The molecule has 1 aliphatic rings. The highest BCUT2D eigenvalue weighted by atomic mass is 35.5. The molecule has 0 atom stereocenters. The molecule has 2 aromatic carbocycles. The lowest BCUT2D eigenvalue weighted by Crippen LogP contribution is -2.27. The van der Waals surface area contributed by atoms with E-state index in [1.54, 1.807) is 24.4 Å². The molecule has 174 valence electrons. The van der Waals surface area contributed by atoms with Crippen LogP contribution < -0.4 is 10.1 Å². The predicted octanol–water partition coefficient (Wildman–Crippen LogP) is 5.60. The number of benzene rings is 2. The van der Waals surface area contributed by atoms with E-state index in [9.17, 15) is 9.90 Å². The number of aromatic amines is 1. The van der Waals surface area contributed by atoms with Crippen molar-refractivity contribution in [2.24, 2.45) is 5.92 Å². The Morgan fingerprint density at radius 1 is 1.06 bits per heavy atom. The summed E-state index contributed by atoms with van der Waals surface area (Å²) in [6.45, 7) is 0.233. The van der Waals surface area contributed by atoms with E-state index < -0.39 is 0 Å². The number of hydrogen-bond acceptors (Lipinski definition) is 6. The lowest BCUT2D eigenvalue weighted by Gasteiger charge is -2.28. The van der Waals surface area contributed by atoms with Crippen molar-refractivity contribution >= 4 is 34.2 Å². The van der Waals surface area contributed by atoms with Gasteiger partial charge in [0.25, 0.3) is 0 Å². The average Bonchev–Trinajstić information content (AvgIpc) is 3.30. The van der Waals surface area contributed by atoms with Crippen LogP contribution in [0.3, 0.4) is 0 Å². The molecule has 0 spiro atoms. The minimum absolute atomic E-state index is 0.218. The van der Waals surface area contributed by atoms with Crippen LogP contribution in [0.5, 0.6) is 11.5 Å². The van der Waals surface area contributed by atoms with E-state index in [0.29, 0.717) is 50.4 Å². The van der Waals surface area contributed by atoms with E-state index >= 15 is 0 Å². The molecule has 0 radical (unpaired) electrons. The molecule has 4 aromatic rings. The van der Waals surface area contributed by atoms with Crippen molar-refractivity contribution in [2.75, 3.05) is 11.9 Å². The second kappa shape index (κ2) is 9.83. The van der Waals surface area contributed by atoms with Crippen molar-refractivity contribution < 1.29 is 14.6 Å². The zero-order valence-electron chi connectivity index (χ0n) is 18.5. The highest BCUT2D eigenvalue weighted by Gasteiger charge is 2.24. The Morgan fingerprint density at radius 3 is 2.59 bits per heavy atom. The number of nitrogens with zero attached hydrogens (tertiary/aromatic N) is 2. The zero-order valence-corrected chi connectivity index (χ0v) is 19.3. The minimum atomic E-state index is -0.218. The Kier molecular flexibility index (Phi) is 6.47. The first-order valence-electron chi connectivity index (χ1n) is 11.4. The molecular formula is C26H25ClN4O3. The van der Waals surface area contributed by atoms with Gasteiger partial charge in [-0.15, -0.1) is 0 Å². The molecule has 5 rings (SSSR count). The van der Waals surface area contributed by atoms with Crippen molar-refractivity contribution in [3.8, 4) is 11.5 Å². The highest BCUT2D eigenvalue weighted by molar-refractivity contribution is 6.35. The Balaban J connectivity index is 1.40. The topological polar surface area (TPSA) is 100 Å². The number of halogens is 1. The molecule has 1 aliphatic carbocycles. The third-order valence-corrected chi connectivity index (χ3v) is 6.64. The van der Waals surface area contributed by atoms with Gasteiger partial charge < -0.3 is 20.1 Å². The normalized spacial score (nSPS) is 18.1. The number of aliphatic hydroxyl groups excluding tert-OH is 1. The monoisotopic (exact) mass is 476 g/mol. The third-order valence-electron chi connectivity index (χ3n) is 6.32. The fraction of sp³-hybridized carbons (Fsp3) is 0.269. The first-order valence-corrected chi connectivity index (χ1v) is 11.8. The van der Waals surface area contributed by atoms with E-state index in [2.05, 4.69) is 20.3 Å². The maximum absolute atomic E-state index is 13.5. The third kappa shape index (κ3) is 4.62. The molecule has 34 heavy (non-hydrogen) atoms. The summed E-state index contributed by atoms with van der Waals surface area (Å²) in [7, 11) is 0. The van der Waals surface area contributed by atoms with E-state index in [4.69, 9.17) is 16.3 Å². The molecule has 1 saturated carbocycles. The van der Waals surface area contributed by atoms with E-state index in [1.807, 2.05) is 30.3 Å². The summed E-state index contributed by atoms with van der Waals surface area (Å²) >= 11 is 6.50. The number of rotatable bonds is 7. The summed E-state index contributed by atoms with van der Waals surface area (Å²) in [5, 5.41) is 13.9. The van der Waals surface area contributed by atoms with Gasteiger partial charge in [0.2, 0.25) is 0 Å². The van der Waals surface area contributed by atoms with Crippen molar-refractivity contribution in [1.29, 1.82) is 0 Å². The number of anilines is 1. The number of hydrogen-bond donors (Lipinski definition) is 3. The number of H-pyrrole nitrogens is 1. The summed E-state index contributed by atoms with van der Waals surface area (Å²) < 4.78 is 5.83. The van der Waals surface area contributed by atoms with Crippen LogP contribution in [0, 0.1) is 5.92 Å². The molecule has 0 bridgehead atoms. The number of aliphatic hydroxyl groups is 1. The number of nitrogens with one attached hydrogen (secondary N) is 2. The van der Waals surface area contributed by atoms with Crippen LogP contribution in [0.15, 0.2) is 61.1 Å². The fourth-order valence-corrected chi connectivity index (χ4v) is 4.70. The second-order valence-corrected chi connectivity index (χ2v) is 8.99. The Hall–Kier alpha value is -3.42. The van der Waals surface area contributed by atoms with Gasteiger partial charge in [-0.05, 0) is 55.9 Å². The van der Waals surface area contributed by atoms with Gasteiger partial charge in [-0.1, -0.05) is 29.8 Å². The van der Waals surface area contributed by atoms with Crippen molar-refractivity contribution in [2.45, 2.75) is 31.7 Å². The lowest BCUT2D eigenvalue weighted by molar-refractivity contribution is 0.104. The molecule has 7 nitrogen and oxygen atoms in total. The quantitative estimate of drug-likeness (QED) is 0.300.